The highest BCUT2D eigenvalue weighted by atomic mass is 35.5. The Hall–Kier alpha value is -1.60. The number of hydrogen-bond donors (Lipinski definition) is 2. The van der Waals surface area contributed by atoms with Crippen molar-refractivity contribution in [1.29, 1.82) is 0 Å². The second kappa shape index (κ2) is 9.20. The summed E-state index contributed by atoms with van der Waals surface area (Å²) in [5.41, 5.74) is 0.675. The first kappa shape index (κ1) is 19.7. The predicted molar refractivity (Wildman–Crippen MR) is 103 cm³/mol. The van der Waals surface area contributed by atoms with Crippen molar-refractivity contribution < 1.29 is 14.6 Å². The van der Waals surface area contributed by atoms with E-state index < -0.39 is 6.10 Å². The van der Waals surface area contributed by atoms with E-state index in [-0.39, 0.29) is 12.5 Å². The number of carbonyl (C=O) groups is 1. The van der Waals surface area contributed by atoms with Crippen LogP contribution in [-0.2, 0) is 4.79 Å². The van der Waals surface area contributed by atoms with Crippen molar-refractivity contribution in [2.45, 2.75) is 32.9 Å². The van der Waals surface area contributed by atoms with Gasteiger partial charge in [0.15, 0.2) is 0 Å². The van der Waals surface area contributed by atoms with Gasteiger partial charge in [-0.1, -0.05) is 25.4 Å². The number of aliphatic hydroxyl groups is 1. The molecule has 0 saturated carbocycles. The number of hydrogen-bond acceptors (Lipinski definition) is 5. The van der Waals surface area contributed by atoms with Gasteiger partial charge in [0.25, 0.3) is 0 Å². The molecule has 0 aliphatic carbocycles. The van der Waals surface area contributed by atoms with Crippen molar-refractivity contribution >= 4 is 39.5 Å². The Labute approximate surface area is 157 Å². The second-order valence-corrected chi connectivity index (χ2v) is 7.28. The minimum Gasteiger partial charge on any atom is -0.489 e. The Morgan fingerprint density at radius 3 is 2.72 bits per heavy atom. The average Bonchev–Trinajstić information content (AvgIpc) is 3.06. The van der Waals surface area contributed by atoms with Crippen molar-refractivity contribution in [2.75, 3.05) is 18.1 Å². The van der Waals surface area contributed by atoms with Gasteiger partial charge in [-0.2, -0.15) is 0 Å². The highest BCUT2D eigenvalue weighted by Gasteiger charge is 2.17. The van der Waals surface area contributed by atoms with E-state index in [1.807, 2.05) is 31.4 Å². The highest BCUT2D eigenvalue weighted by molar-refractivity contribution is 7.14. The fourth-order valence-electron chi connectivity index (χ4n) is 2.22. The van der Waals surface area contributed by atoms with Crippen molar-refractivity contribution in [3.05, 3.63) is 40.7 Å². The summed E-state index contributed by atoms with van der Waals surface area (Å²) < 4.78 is 5.59. The molecule has 0 aliphatic rings. The van der Waals surface area contributed by atoms with Crippen LogP contribution in [0.3, 0.4) is 0 Å². The molecule has 1 aromatic heterocycles. The maximum Gasteiger partial charge on any atom is 0.229 e. The number of carbonyl (C=O) groups excluding carboxylic acids is 1. The summed E-state index contributed by atoms with van der Waals surface area (Å²) in [5, 5.41) is 16.2. The van der Waals surface area contributed by atoms with Gasteiger partial charge in [0, 0.05) is 19.5 Å². The van der Waals surface area contributed by atoms with Crippen molar-refractivity contribution in [3.63, 3.8) is 0 Å². The van der Waals surface area contributed by atoms with Crippen LogP contribution < -0.4 is 15.0 Å². The molecule has 0 spiro atoms. The topological polar surface area (TPSA) is 61.8 Å². The second-order valence-electron chi connectivity index (χ2n) is 5.95. The Morgan fingerprint density at radius 2 is 2.16 bits per heavy atom. The molecule has 2 aromatic rings. The van der Waals surface area contributed by atoms with E-state index in [9.17, 15) is 9.90 Å². The summed E-state index contributed by atoms with van der Waals surface area (Å²) in [6, 6.07) is 9.25. The molecule has 0 fully saturated rings. The molecule has 0 bridgehead atoms. The molecule has 25 heavy (non-hydrogen) atoms. The van der Waals surface area contributed by atoms with Crippen LogP contribution in [0.5, 0.6) is 5.75 Å². The number of halogens is 1. The lowest BCUT2D eigenvalue weighted by Gasteiger charge is -2.20. The van der Waals surface area contributed by atoms with Crippen LogP contribution in [0.2, 0.25) is 5.02 Å². The minimum absolute atomic E-state index is 0.0950. The molecule has 1 atom stereocenters. The summed E-state index contributed by atoms with van der Waals surface area (Å²) >= 11 is 7.77. The Bertz CT molecular complexity index is 692. The molecule has 1 unspecified atom stereocenters. The smallest absolute Gasteiger partial charge is 0.229 e. The number of nitrogens with zero attached hydrogens (tertiary/aromatic N) is 1. The standard InChI is InChI=1S/C18H23ClN2O3S/c1-12(2)20-10-15(23)11-24-17-7-6-14(9-16(17)19)21(13(3)22)18-5-4-8-25-18/h4-9,12,15,20,23H,10-11H2,1-3H3. The molecule has 2 N–H and O–H groups in total. The molecule has 1 amide bonds. The first-order valence-electron chi connectivity index (χ1n) is 8.06. The zero-order valence-corrected chi connectivity index (χ0v) is 16.1. The fraction of sp³-hybridized carbons (Fsp3) is 0.389. The van der Waals surface area contributed by atoms with E-state index in [1.165, 1.54) is 18.3 Å². The van der Waals surface area contributed by atoms with Gasteiger partial charge >= 0.3 is 0 Å². The van der Waals surface area contributed by atoms with Crippen LogP contribution in [0.25, 0.3) is 0 Å². The van der Waals surface area contributed by atoms with Crippen molar-refractivity contribution in [1.82, 2.24) is 5.32 Å². The average molecular weight is 383 g/mol. The summed E-state index contributed by atoms with van der Waals surface area (Å²) in [7, 11) is 0. The van der Waals surface area contributed by atoms with E-state index in [2.05, 4.69) is 5.32 Å². The molecule has 0 saturated heterocycles. The van der Waals surface area contributed by atoms with Gasteiger partial charge in [0.1, 0.15) is 23.5 Å². The van der Waals surface area contributed by atoms with E-state index in [1.54, 1.807) is 23.1 Å². The van der Waals surface area contributed by atoms with E-state index in [0.29, 0.717) is 29.0 Å². The first-order valence-corrected chi connectivity index (χ1v) is 9.32. The van der Waals surface area contributed by atoms with Crippen LogP contribution >= 0.6 is 22.9 Å². The molecule has 1 heterocycles. The number of aliphatic hydroxyl groups excluding tert-OH is 1. The van der Waals surface area contributed by atoms with Gasteiger partial charge in [-0.15, -0.1) is 11.3 Å². The number of amides is 1. The lowest BCUT2D eigenvalue weighted by molar-refractivity contribution is -0.115. The molecule has 2 rings (SSSR count). The minimum atomic E-state index is -0.627. The summed E-state index contributed by atoms with van der Waals surface area (Å²) in [5.74, 6) is 0.381. The third-order valence-corrected chi connectivity index (χ3v) is 4.56. The zero-order chi connectivity index (χ0) is 18.4. The van der Waals surface area contributed by atoms with Gasteiger partial charge in [-0.3, -0.25) is 9.69 Å². The van der Waals surface area contributed by atoms with E-state index in [4.69, 9.17) is 16.3 Å². The molecule has 1 aromatic carbocycles. The van der Waals surface area contributed by atoms with Crippen molar-refractivity contribution in [3.8, 4) is 5.75 Å². The van der Waals surface area contributed by atoms with Gasteiger partial charge < -0.3 is 15.2 Å². The number of nitrogens with one attached hydrogen (secondary N) is 1. The zero-order valence-electron chi connectivity index (χ0n) is 14.5. The van der Waals surface area contributed by atoms with Gasteiger partial charge in [-0.25, -0.2) is 0 Å². The van der Waals surface area contributed by atoms with E-state index >= 15 is 0 Å². The van der Waals surface area contributed by atoms with E-state index in [0.717, 1.165) is 5.00 Å². The van der Waals surface area contributed by atoms with Crippen LogP contribution in [0.15, 0.2) is 35.7 Å². The summed E-state index contributed by atoms with van der Waals surface area (Å²) in [6.07, 6.45) is -0.627. The summed E-state index contributed by atoms with van der Waals surface area (Å²) in [4.78, 5) is 13.6. The van der Waals surface area contributed by atoms with Gasteiger partial charge in [0.05, 0.1) is 10.7 Å². The lowest BCUT2D eigenvalue weighted by atomic mass is 10.2. The molecule has 5 nitrogen and oxygen atoms in total. The SMILES string of the molecule is CC(=O)N(c1ccc(OCC(O)CNC(C)C)c(Cl)c1)c1cccs1. The molecular formula is C18H23ClN2O3S. The normalized spacial score (nSPS) is 12.2. The Balaban J connectivity index is 2.06. The first-order chi connectivity index (χ1) is 11.9. The number of ether oxygens (including phenoxy) is 1. The van der Waals surface area contributed by atoms with Crippen LogP contribution in [0.4, 0.5) is 10.7 Å². The van der Waals surface area contributed by atoms with Gasteiger partial charge in [-0.05, 0) is 35.7 Å². The monoisotopic (exact) mass is 382 g/mol. The van der Waals surface area contributed by atoms with Crippen LogP contribution in [-0.4, -0.2) is 36.3 Å². The molecule has 0 radical (unpaired) electrons. The summed E-state index contributed by atoms with van der Waals surface area (Å²) in [6.45, 7) is 6.12. The van der Waals surface area contributed by atoms with Crippen molar-refractivity contribution in [2.24, 2.45) is 0 Å². The Morgan fingerprint density at radius 1 is 1.40 bits per heavy atom. The predicted octanol–water partition coefficient (Wildman–Crippen LogP) is 3.82. The quantitative estimate of drug-likeness (QED) is 0.728. The number of thiophene rings is 1. The molecular weight excluding hydrogens is 360 g/mol. The molecule has 7 heteroatoms. The Kier molecular flexibility index (Phi) is 7.25. The number of benzene rings is 1. The maximum absolute atomic E-state index is 12.0. The third kappa shape index (κ3) is 5.71. The van der Waals surface area contributed by atoms with Crippen LogP contribution in [0.1, 0.15) is 20.8 Å². The van der Waals surface area contributed by atoms with Gasteiger partial charge in [0.2, 0.25) is 5.91 Å². The number of anilines is 2. The largest absolute Gasteiger partial charge is 0.489 e. The maximum atomic E-state index is 12.0. The fourth-order valence-corrected chi connectivity index (χ4v) is 3.25. The third-order valence-electron chi connectivity index (χ3n) is 3.41. The lowest BCUT2D eigenvalue weighted by Crippen LogP contribution is -2.35. The number of rotatable bonds is 8. The molecule has 0 aliphatic heterocycles. The van der Waals surface area contributed by atoms with Crippen LogP contribution in [0, 0.1) is 0 Å². The molecule has 136 valence electrons. The highest BCUT2D eigenvalue weighted by Crippen LogP contribution is 2.35.